The monoisotopic (exact) mass is 425 g/mol. The summed E-state index contributed by atoms with van der Waals surface area (Å²) < 4.78 is 0.857. The Balaban J connectivity index is 1.59. The quantitative estimate of drug-likeness (QED) is 0.692. The topological polar surface area (TPSA) is 43.9 Å². The number of rotatable bonds is 2. The lowest BCUT2D eigenvalue weighted by Crippen LogP contribution is -2.44. The van der Waals surface area contributed by atoms with Gasteiger partial charge in [-0.3, -0.25) is 9.59 Å². The van der Waals surface area contributed by atoms with Crippen LogP contribution in [-0.4, -0.2) is 41.0 Å². The molecule has 3 atom stereocenters. The fourth-order valence-electron chi connectivity index (χ4n) is 4.75. The van der Waals surface area contributed by atoms with Gasteiger partial charge in [0.2, 0.25) is 5.91 Å². The highest BCUT2D eigenvalue weighted by molar-refractivity contribution is 9.10. The van der Waals surface area contributed by atoms with Crippen LogP contribution in [0.4, 0.5) is 5.69 Å². The summed E-state index contributed by atoms with van der Waals surface area (Å²) in [5.74, 6) is -0.563. The molecule has 0 bridgehead atoms. The first-order chi connectivity index (χ1) is 13.1. The summed E-state index contributed by atoms with van der Waals surface area (Å²) in [6, 6.07) is 15.3. The maximum absolute atomic E-state index is 13.4. The molecule has 0 aliphatic carbocycles. The Bertz CT molecular complexity index is 929. The summed E-state index contributed by atoms with van der Waals surface area (Å²) in [7, 11) is 0. The smallest absolute Gasteiger partial charge is 0.253 e. The Morgan fingerprint density at radius 3 is 2.33 bits per heavy atom. The maximum Gasteiger partial charge on any atom is 0.253 e. The highest BCUT2D eigenvalue weighted by Gasteiger charge is 2.62. The highest BCUT2D eigenvalue weighted by Crippen LogP contribution is 2.49. The molecule has 5 nitrogen and oxygen atoms in total. The number of nitrogens with zero attached hydrogens (tertiary/aromatic N) is 3. The third kappa shape index (κ3) is 2.51. The van der Waals surface area contributed by atoms with Crippen molar-refractivity contribution in [2.45, 2.75) is 25.4 Å². The summed E-state index contributed by atoms with van der Waals surface area (Å²) in [5.41, 5.74) is 2.94. The predicted molar refractivity (Wildman–Crippen MR) is 106 cm³/mol. The minimum absolute atomic E-state index is 0.0771. The van der Waals surface area contributed by atoms with Gasteiger partial charge in [0.15, 0.2) is 0 Å². The second kappa shape index (κ2) is 6.26. The van der Waals surface area contributed by atoms with Gasteiger partial charge >= 0.3 is 0 Å². The Labute approximate surface area is 166 Å². The van der Waals surface area contributed by atoms with E-state index in [0.29, 0.717) is 5.69 Å². The average Bonchev–Trinajstić information content (AvgIpc) is 3.28. The molecule has 2 aromatic carbocycles. The van der Waals surface area contributed by atoms with Crippen LogP contribution in [0.1, 0.15) is 23.6 Å². The van der Waals surface area contributed by atoms with Gasteiger partial charge in [0.05, 0.1) is 17.6 Å². The number of benzene rings is 2. The number of aryl methyl sites for hydroxylation is 1. The fraction of sp³-hybridized carbons (Fsp3) is 0.333. The van der Waals surface area contributed by atoms with Crippen LogP contribution in [0.25, 0.3) is 0 Å². The first kappa shape index (κ1) is 17.1. The van der Waals surface area contributed by atoms with Crippen LogP contribution in [0, 0.1) is 12.8 Å². The van der Waals surface area contributed by atoms with Crippen molar-refractivity contribution in [3.63, 3.8) is 0 Å². The lowest BCUT2D eigenvalue weighted by molar-refractivity contribution is -0.126. The zero-order valence-corrected chi connectivity index (χ0v) is 16.6. The summed E-state index contributed by atoms with van der Waals surface area (Å²) in [6.07, 6.45) is 1.02. The third-order valence-corrected chi connectivity index (χ3v) is 6.38. The molecule has 6 heteroatoms. The van der Waals surface area contributed by atoms with Gasteiger partial charge in [-0.15, -0.1) is 0 Å². The van der Waals surface area contributed by atoms with Gasteiger partial charge in [-0.05, 0) is 37.1 Å². The minimum atomic E-state index is -0.398. The van der Waals surface area contributed by atoms with Crippen molar-refractivity contribution in [3.8, 4) is 0 Å². The van der Waals surface area contributed by atoms with Crippen molar-refractivity contribution < 1.29 is 9.59 Å². The zero-order chi connectivity index (χ0) is 18.7. The molecule has 0 spiro atoms. The van der Waals surface area contributed by atoms with Crippen LogP contribution in [0.3, 0.4) is 0 Å². The molecule has 0 saturated carbocycles. The Morgan fingerprint density at radius 2 is 1.63 bits per heavy atom. The molecule has 3 aliphatic rings. The summed E-state index contributed by atoms with van der Waals surface area (Å²) in [5, 5.41) is 4.38. The molecule has 0 aromatic heterocycles. The van der Waals surface area contributed by atoms with E-state index in [9.17, 15) is 9.59 Å². The zero-order valence-electron chi connectivity index (χ0n) is 15.0. The molecule has 3 heterocycles. The maximum atomic E-state index is 13.4. The van der Waals surface area contributed by atoms with Crippen molar-refractivity contribution in [1.29, 1.82) is 0 Å². The highest BCUT2D eigenvalue weighted by atomic mass is 79.9. The molecule has 2 aromatic rings. The number of imide groups is 1. The molecular weight excluding hydrogens is 406 g/mol. The summed E-state index contributed by atoms with van der Waals surface area (Å²) in [6.45, 7) is 3.78. The van der Waals surface area contributed by atoms with Crippen LogP contribution in [0.15, 0.2) is 53.0 Å². The molecule has 3 saturated heterocycles. The second-order valence-corrected chi connectivity index (χ2v) is 8.41. The van der Waals surface area contributed by atoms with Gasteiger partial charge in [-0.25, -0.2) is 14.9 Å². The number of hydrazine groups is 1. The van der Waals surface area contributed by atoms with E-state index in [1.54, 1.807) is 0 Å². The number of anilines is 1. The van der Waals surface area contributed by atoms with Gasteiger partial charge in [-0.2, -0.15) is 0 Å². The van der Waals surface area contributed by atoms with E-state index < -0.39 is 6.04 Å². The van der Waals surface area contributed by atoms with Gasteiger partial charge in [-0.1, -0.05) is 51.8 Å². The van der Waals surface area contributed by atoms with Crippen molar-refractivity contribution in [2.75, 3.05) is 18.0 Å². The van der Waals surface area contributed by atoms with Crippen LogP contribution in [0.2, 0.25) is 0 Å². The largest absolute Gasteiger partial charge is 0.274 e. The van der Waals surface area contributed by atoms with Crippen molar-refractivity contribution in [1.82, 2.24) is 10.0 Å². The summed E-state index contributed by atoms with van der Waals surface area (Å²) in [4.78, 5) is 28.1. The molecular formula is C21H20BrN3O2. The van der Waals surface area contributed by atoms with Gasteiger partial charge < -0.3 is 0 Å². The molecule has 5 rings (SSSR count). The van der Waals surface area contributed by atoms with Crippen LogP contribution in [0.5, 0.6) is 0 Å². The van der Waals surface area contributed by atoms with Crippen molar-refractivity contribution in [2.24, 2.45) is 5.92 Å². The van der Waals surface area contributed by atoms with E-state index in [1.807, 2.05) is 24.3 Å². The first-order valence-electron chi connectivity index (χ1n) is 9.29. The van der Waals surface area contributed by atoms with E-state index >= 15 is 0 Å². The third-order valence-electron chi connectivity index (χ3n) is 5.89. The number of halogens is 1. The molecule has 3 fully saturated rings. The SMILES string of the molecule is Cc1ccc([C@@H]2[C@@H]3C(=O)N(c4cccc(Br)c4)C(=O)[C@H]3N3CCCN23)cc1. The van der Waals surface area contributed by atoms with E-state index in [0.717, 1.165) is 29.5 Å². The molecule has 0 radical (unpaired) electrons. The lowest BCUT2D eigenvalue weighted by atomic mass is 9.89. The Kier molecular flexibility index (Phi) is 3.96. The molecule has 27 heavy (non-hydrogen) atoms. The molecule has 138 valence electrons. The molecule has 0 N–H and O–H groups in total. The Hall–Kier alpha value is -2.02. The van der Waals surface area contributed by atoms with Gasteiger partial charge in [0.1, 0.15) is 6.04 Å². The minimum Gasteiger partial charge on any atom is -0.274 e. The van der Waals surface area contributed by atoms with Crippen molar-refractivity contribution in [3.05, 3.63) is 64.1 Å². The van der Waals surface area contributed by atoms with Crippen LogP contribution in [-0.2, 0) is 9.59 Å². The standard InChI is InChI=1S/C21H20BrN3O2/c1-13-6-8-14(9-7-13)18-17-19(24-11-3-10-23(18)24)21(27)25(20(17)26)16-5-2-4-15(22)12-16/h2,4-9,12,17-19H,3,10-11H2,1H3/t17-,18+,19-/m0/s1. The van der Waals surface area contributed by atoms with Crippen LogP contribution < -0.4 is 4.90 Å². The number of amides is 2. The number of carbonyl (C=O) groups excluding carboxylic acids is 2. The first-order valence-corrected chi connectivity index (χ1v) is 10.1. The van der Waals surface area contributed by atoms with E-state index in [2.05, 4.69) is 57.1 Å². The van der Waals surface area contributed by atoms with Crippen LogP contribution >= 0.6 is 15.9 Å². The van der Waals surface area contributed by atoms with E-state index in [1.165, 1.54) is 10.5 Å². The number of hydrogen-bond donors (Lipinski definition) is 0. The average molecular weight is 426 g/mol. The fourth-order valence-corrected chi connectivity index (χ4v) is 5.13. The van der Waals surface area contributed by atoms with E-state index in [4.69, 9.17) is 0 Å². The summed E-state index contributed by atoms with van der Waals surface area (Å²) >= 11 is 3.44. The molecule has 3 aliphatic heterocycles. The van der Waals surface area contributed by atoms with Crippen molar-refractivity contribution >= 4 is 33.4 Å². The number of carbonyl (C=O) groups is 2. The van der Waals surface area contributed by atoms with E-state index in [-0.39, 0.29) is 23.8 Å². The number of hydrogen-bond acceptors (Lipinski definition) is 4. The lowest BCUT2D eigenvalue weighted by Gasteiger charge is -2.29. The normalized spacial score (nSPS) is 28.1. The molecule has 0 unspecified atom stereocenters. The molecule has 2 amide bonds. The predicted octanol–water partition coefficient (Wildman–Crippen LogP) is 3.29. The van der Waals surface area contributed by atoms with Gasteiger partial charge in [0, 0.05) is 17.6 Å². The number of fused-ring (bicyclic) bond motifs is 3. The Morgan fingerprint density at radius 1 is 0.926 bits per heavy atom. The van der Waals surface area contributed by atoms with Gasteiger partial charge in [0.25, 0.3) is 5.91 Å². The second-order valence-electron chi connectivity index (χ2n) is 7.50.